The second-order valence-electron chi connectivity index (χ2n) is 3.46. The van der Waals surface area contributed by atoms with E-state index in [4.69, 9.17) is 28.9 Å². The van der Waals surface area contributed by atoms with Gasteiger partial charge in [-0.3, -0.25) is 4.98 Å². The van der Waals surface area contributed by atoms with Gasteiger partial charge in [-0.2, -0.15) is 0 Å². The van der Waals surface area contributed by atoms with Crippen molar-refractivity contribution in [1.82, 2.24) is 4.98 Å². The van der Waals surface area contributed by atoms with Gasteiger partial charge in [-0.1, -0.05) is 35.3 Å². The van der Waals surface area contributed by atoms with E-state index in [1.807, 2.05) is 12.1 Å². The van der Waals surface area contributed by atoms with Gasteiger partial charge in [-0.15, -0.1) is 0 Å². The van der Waals surface area contributed by atoms with Crippen LogP contribution in [0.25, 0.3) is 0 Å². The molecule has 2 rings (SSSR count). The molecule has 4 heteroatoms. The van der Waals surface area contributed by atoms with Crippen molar-refractivity contribution in [3.8, 4) is 0 Å². The van der Waals surface area contributed by atoms with Crippen molar-refractivity contribution in [2.24, 2.45) is 0 Å². The molecule has 2 aromatic rings. The molecule has 0 bridgehead atoms. The first-order chi connectivity index (χ1) is 7.68. The maximum absolute atomic E-state index is 6.10. The van der Waals surface area contributed by atoms with Crippen molar-refractivity contribution in [3.63, 3.8) is 0 Å². The minimum absolute atomic E-state index is 0.557. The van der Waals surface area contributed by atoms with Gasteiger partial charge in [0, 0.05) is 24.5 Å². The van der Waals surface area contributed by atoms with Crippen molar-refractivity contribution in [1.29, 1.82) is 0 Å². The van der Waals surface area contributed by atoms with Gasteiger partial charge in [-0.25, -0.2) is 0 Å². The van der Waals surface area contributed by atoms with Gasteiger partial charge in [0.2, 0.25) is 0 Å². The summed E-state index contributed by atoms with van der Waals surface area (Å²) in [5.41, 5.74) is 8.46. The molecule has 0 saturated carbocycles. The lowest BCUT2D eigenvalue weighted by molar-refractivity contribution is 1.15. The first-order valence-corrected chi connectivity index (χ1v) is 5.55. The number of aromatic nitrogens is 1. The van der Waals surface area contributed by atoms with E-state index in [1.165, 1.54) is 0 Å². The van der Waals surface area contributed by atoms with Crippen LogP contribution in [0, 0.1) is 0 Å². The van der Waals surface area contributed by atoms with Gasteiger partial charge < -0.3 is 5.73 Å². The molecule has 0 fully saturated rings. The van der Waals surface area contributed by atoms with Gasteiger partial charge in [0.1, 0.15) is 0 Å². The monoisotopic (exact) mass is 252 g/mol. The van der Waals surface area contributed by atoms with Crippen molar-refractivity contribution in [2.45, 2.75) is 6.42 Å². The van der Waals surface area contributed by atoms with Gasteiger partial charge in [0.15, 0.2) is 0 Å². The van der Waals surface area contributed by atoms with Crippen LogP contribution < -0.4 is 5.73 Å². The third-order valence-corrected chi connectivity index (χ3v) is 3.21. The molecular weight excluding hydrogens is 243 g/mol. The summed E-state index contributed by atoms with van der Waals surface area (Å²) < 4.78 is 0. The largest absolute Gasteiger partial charge is 0.398 e. The van der Waals surface area contributed by atoms with Crippen LogP contribution >= 0.6 is 23.2 Å². The molecule has 0 spiro atoms. The van der Waals surface area contributed by atoms with E-state index >= 15 is 0 Å². The number of hydrogen-bond donors (Lipinski definition) is 1. The number of rotatable bonds is 2. The second kappa shape index (κ2) is 4.73. The molecule has 0 aliphatic heterocycles. The molecule has 0 aliphatic carbocycles. The summed E-state index contributed by atoms with van der Waals surface area (Å²) >= 11 is 12.0. The van der Waals surface area contributed by atoms with Crippen LogP contribution in [0.1, 0.15) is 11.1 Å². The Balaban J connectivity index is 2.35. The highest BCUT2D eigenvalue weighted by atomic mass is 35.5. The molecule has 1 aromatic carbocycles. The molecule has 0 saturated heterocycles. The van der Waals surface area contributed by atoms with Crippen LogP contribution in [-0.4, -0.2) is 4.98 Å². The van der Waals surface area contributed by atoms with E-state index in [0.29, 0.717) is 22.2 Å². The molecule has 82 valence electrons. The third-order valence-electron chi connectivity index (χ3n) is 2.35. The number of anilines is 1. The summed E-state index contributed by atoms with van der Waals surface area (Å²) in [6, 6.07) is 7.34. The van der Waals surface area contributed by atoms with Crippen molar-refractivity contribution < 1.29 is 0 Å². The SMILES string of the molecule is Nc1ccncc1Cc1cccc(Cl)c1Cl. The van der Waals surface area contributed by atoms with Crippen LogP contribution in [0.15, 0.2) is 36.7 Å². The molecule has 1 heterocycles. The smallest absolute Gasteiger partial charge is 0.0627 e. The minimum Gasteiger partial charge on any atom is -0.398 e. The number of nitrogens with zero attached hydrogens (tertiary/aromatic N) is 1. The fourth-order valence-electron chi connectivity index (χ4n) is 1.48. The van der Waals surface area contributed by atoms with E-state index in [-0.39, 0.29) is 0 Å². The van der Waals surface area contributed by atoms with Gasteiger partial charge >= 0.3 is 0 Å². The Morgan fingerprint density at radius 1 is 1.12 bits per heavy atom. The van der Waals surface area contributed by atoms with Crippen LogP contribution in [0.4, 0.5) is 5.69 Å². The Labute approximate surface area is 104 Å². The highest BCUT2D eigenvalue weighted by molar-refractivity contribution is 6.42. The standard InChI is InChI=1S/C12H10Cl2N2/c13-10-3-1-2-8(12(10)14)6-9-7-16-5-4-11(9)15/h1-5,7H,6H2,(H2,15,16). The highest BCUT2D eigenvalue weighted by Gasteiger charge is 2.06. The molecule has 1 aromatic heterocycles. The third kappa shape index (κ3) is 2.29. The van der Waals surface area contributed by atoms with Crippen molar-refractivity contribution >= 4 is 28.9 Å². The molecular formula is C12H10Cl2N2. The summed E-state index contributed by atoms with van der Waals surface area (Å²) in [6.45, 7) is 0. The zero-order valence-electron chi connectivity index (χ0n) is 8.45. The Morgan fingerprint density at radius 3 is 2.69 bits per heavy atom. The van der Waals surface area contributed by atoms with Crippen LogP contribution in [0.3, 0.4) is 0 Å². The molecule has 0 unspecified atom stereocenters. The first-order valence-electron chi connectivity index (χ1n) is 4.79. The maximum Gasteiger partial charge on any atom is 0.0627 e. The summed E-state index contributed by atoms with van der Waals surface area (Å²) in [6.07, 6.45) is 4.05. The number of hydrogen-bond acceptors (Lipinski definition) is 2. The van der Waals surface area contributed by atoms with E-state index in [0.717, 1.165) is 11.1 Å². The molecule has 16 heavy (non-hydrogen) atoms. The fraction of sp³-hybridized carbons (Fsp3) is 0.0833. The van der Waals surface area contributed by atoms with E-state index < -0.39 is 0 Å². The number of pyridine rings is 1. The van der Waals surface area contributed by atoms with Crippen molar-refractivity contribution in [3.05, 3.63) is 57.8 Å². The lowest BCUT2D eigenvalue weighted by Gasteiger charge is -2.07. The lowest BCUT2D eigenvalue weighted by Crippen LogP contribution is -1.97. The number of halogens is 2. The maximum atomic E-state index is 6.10. The number of nitrogen functional groups attached to an aromatic ring is 1. The predicted octanol–water partition coefficient (Wildman–Crippen LogP) is 3.56. The molecule has 0 amide bonds. The molecule has 2 N–H and O–H groups in total. The zero-order chi connectivity index (χ0) is 11.5. The first kappa shape index (κ1) is 11.2. The minimum atomic E-state index is 0.557. The quantitative estimate of drug-likeness (QED) is 0.888. The summed E-state index contributed by atoms with van der Waals surface area (Å²) in [5.74, 6) is 0. The molecule has 0 aliphatic rings. The van der Waals surface area contributed by atoms with E-state index in [2.05, 4.69) is 4.98 Å². The molecule has 0 atom stereocenters. The summed E-state index contributed by atoms with van der Waals surface area (Å²) in [4.78, 5) is 4.04. The highest BCUT2D eigenvalue weighted by Crippen LogP contribution is 2.28. The summed E-state index contributed by atoms with van der Waals surface area (Å²) in [5, 5.41) is 1.13. The van der Waals surface area contributed by atoms with Crippen LogP contribution in [0.5, 0.6) is 0 Å². The molecule has 0 radical (unpaired) electrons. The average molecular weight is 253 g/mol. The topological polar surface area (TPSA) is 38.9 Å². The number of benzene rings is 1. The average Bonchev–Trinajstić information content (AvgIpc) is 2.28. The number of nitrogens with two attached hydrogens (primary N) is 1. The van der Waals surface area contributed by atoms with Crippen molar-refractivity contribution in [2.75, 3.05) is 5.73 Å². The Kier molecular flexibility index (Phi) is 3.32. The van der Waals surface area contributed by atoms with Crippen LogP contribution in [0.2, 0.25) is 10.0 Å². The molecule has 2 nitrogen and oxygen atoms in total. The van der Waals surface area contributed by atoms with Gasteiger partial charge in [-0.05, 0) is 23.3 Å². The summed E-state index contributed by atoms with van der Waals surface area (Å²) in [7, 11) is 0. The normalized spacial score (nSPS) is 10.4. The second-order valence-corrected chi connectivity index (χ2v) is 4.25. The Hall–Kier alpha value is -1.25. The van der Waals surface area contributed by atoms with Gasteiger partial charge in [0.05, 0.1) is 10.0 Å². The van der Waals surface area contributed by atoms with Gasteiger partial charge in [0.25, 0.3) is 0 Å². The Morgan fingerprint density at radius 2 is 1.94 bits per heavy atom. The van der Waals surface area contributed by atoms with E-state index in [1.54, 1.807) is 24.5 Å². The fourth-order valence-corrected chi connectivity index (χ4v) is 1.86. The zero-order valence-corrected chi connectivity index (χ0v) is 9.96. The Bertz CT molecular complexity index is 512. The predicted molar refractivity (Wildman–Crippen MR) is 67.9 cm³/mol. The van der Waals surface area contributed by atoms with E-state index in [9.17, 15) is 0 Å². The van der Waals surface area contributed by atoms with Crippen LogP contribution in [-0.2, 0) is 6.42 Å². The lowest BCUT2D eigenvalue weighted by atomic mass is 10.1.